The molecule has 29 heavy (non-hydrogen) atoms. The first-order valence-corrected chi connectivity index (χ1v) is 9.08. The van der Waals surface area contributed by atoms with E-state index in [9.17, 15) is 14.4 Å². The summed E-state index contributed by atoms with van der Waals surface area (Å²) in [6, 6.07) is 20.8. The van der Waals surface area contributed by atoms with Crippen LogP contribution in [0.3, 0.4) is 0 Å². The molecular weight excluding hydrogens is 366 g/mol. The molecule has 3 aromatic rings. The minimum atomic E-state index is -0.352. The average molecular weight is 387 g/mol. The monoisotopic (exact) mass is 387 g/mol. The van der Waals surface area contributed by atoms with Crippen molar-refractivity contribution < 1.29 is 14.4 Å². The van der Waals surface area contributed by atoms with E-state index < -0.39 is 0 Å². The van der Waals surface area contributed by atoms with Gasteiger partial charge in [0.1, 0.15) is 0 Å². The molecule has 0 saturated heterocycles. The van der Waals surface area contributed by atoms with Crippen molar-refractivity contribution in [2.45, 2.75) is 13.8 Å². The number of amides is 3. The number of nitrogens with one attached hydrogen (secondary N) is 3. The fourth-order valence-electron chi connectivity index (χ4n) is 2.81. The highest BCUT2D eigenvalue weighted by atomic mass is 16.2. The van der Waals surface area contributed by atoms with E-state index in [0.29, 0.717) is 28.2 Å². The van der Waals surface area contributed by atoms with Crippen LogP contribution in [0.1, 0.15) is 33.2 Å². The molecule has 146 valence electrons. The van der Waals surface area contributed by atoms with E-state index in [1.807, 2.05) is 31.2 Å². The fraction of sp³-hybridized carbons (Fsp3) is 0.0870. The Morgan fingerprint density at radius 3 is 2.10 bits per heavy atom. The van der Waals surface area contributed by atoms with Gasteiger partial charge in [-0.25, -0.2) is 0 Å². The molecule has 6 nitrogen and oxygen atoms in total. The number of para-hydroxylation sites is 1. The Morgan fingerprint density at radius 1 is 0.690 bits per heavy atom. The average Bonchev–Trinajstić information content (AvgIpc) is 2.68. The van der Waals surface area contributed by atoms with Crippen LogP contribution in [-0.4, -0.2) is 17.7 Å². The molecular formula is C23H21N3O3. The summed E-state index contributed by atoms with van der Waals surface area (Å²) in [6.07, 6.45) is 0. The molecule has 0 saturated carbocycles. The van der Waals surface area contributed by atoms with Crippen LogP contribution in [0.4, 0.5) is 17.1 Å². The smallest absolute Gasteiger partial charge is 0.257 e. The largest absolute Gasteiger partial charge is 0.326 e. The van der Waals surface area contributed by atoms with Crippen molar-refractivity contribution in [3.8, 4) is 0 Å². The van der Waals surface area contributed by atoms with Crippen molar-refractivity contribution in [3.05, 3.63) is 89.5 Å². The highest BCUT2D eigenvalue weighted by molar-refractivity contribution is 6.12. The first-order chi connectivity index (χ1) is 13.9. The third kappa shape index (κ3) is 5.29. The zero-order valence-electron chi connectivity index (χ0n) is 16.2. The topological polar surface area (TPSA) is 87.3 Å². The van der Waals surface area contributed by atoms with Crippen LogP contribution in [0.25, 0.3) is 0 Å². The molecule has 3 N–H and O–H groups in total. The molecule has 6 heteroatoms. The maximum absolute atomic E-state index is 12.7. The minimum absolute atomic E-state index is 0.184. The van der Waals surface area contributed by atoms with Crippen LogP contribution in [0.15, 0.2) is 72.8 Å². The van der Waals surface area contributed by atoms with Crippen LogP contribution in [0.2, 0.25) is 0 Å². The van der Waals surface area contributed by atoms with Crippen molar-refractivity contribution in [3.63, 3.8) is 0 Å². The van der Waals surface area contributed by atoms with Gasteiger partial charge in [-0.2, -0.15) is 0 Å². The Balaban J connectivity index is 1.75. The molecule has 0 atom stereocenters. The predicted octanol–water partition coefficient (Wildman–Crippen LogP) is 4.46. The SMILES string of the molecule is CC(=O)Nc1ccc(C(=O)Nc2ccccc2C(=O)Nc2cccc(C)c2)cc1. The summed E-state index contributed by atoms with van der Waals surface area (Å²) >= 11 is 0. The first-order valence-electron chi connectivity index (χ1n) is 9.08. The summed E-state index contributed by atoms with van der Waals surface area (Å²) in [7, 11) is 0. The lowest BCUT2D eigenvalue weighted by molar-refractivity contribution is -0.114. The highest BCUT2D eigenvalue weighted by Gasteiger charge is 2.14. The minimum Gasteiger partial charge on any atom is -0.326 e. The molecule has 0 aliphatic heterocycles. The lowest BCUT2D eigenvalue weighted by Gasteiger charge is -2.12. The first kappa shape index (κ1) is 19.8. The molecule has 0 fully saturated rings. The zero-order valence-corrected chi connectivity index (χ0v) is 16.2. The molecule has 0 bridgehead atoms. The van der Waals surface area contributed by atoms with E-state index in [1.54, 1.807) is 48.5 Å². The third-order valence-electron chi connectivity index (χ3n) is 4.16. The van der Waals surface area contributed by atoms with Crippen LogP contribution in [0, 0.1) is 6.92 Å². The van der Waals surface area contributed by atoms with E-state index in [-0.39, 0.29) is 17.7 Å². The summed E-state index contributed by atoms with van der Waals surface area (Å²) in [6.45, 7) is 3.36. The van der Waals surface area contributed by atoms with E-state index >= 15 is 0 Å². The van der Waals surface area contributed by atoms with Crippen LogP contribution >= 0.6 is 0 Å². The molecule has 0 spiro atoms. The Kier molecular flexibility index (Phi) is 6.04. The van der Waals surface area contributed by atoms with Gasteiger partial charge >= 0.3 is 0 Å². The number of hydrogen-bond donors (Lipinski definition) is 3. The second-order valence-electron chi connectivity index (χ2n) is 6.58. The molecule has 0 heterocycles. The van der Waals surface area contributed by atoms with Gasteiger partial charge in [0.05, 0.1) is 11.3 Å². The predicted molar refractivity (Wildman–Crippen MR) is 114 cm³/mol. The second kappa shape index (κ2) is 8.84. The Labute approximate surface area is 169 Å². The van der Waals surface area contributed by atoms with E-state index in [2.05, 4.69) is 16.0 Å². The van der Waals surface area contributed by atoms with Crippen molar-refractivity contribution in [2.75, 3.05) is 16.0 Å². The Bertz CT molecular complexity index is 1060. The van der Waals surface area contributed by atoms with E-state index in [4.69, 9.17) is 0 Å². The molecule has 0 aliphatic rings. The summed E-state index contributed by atoms with van der Waals surface area (Å²) in [5.41, 5.74) is 3.50. The van der Waals surface area contributed by atoms with Gasteiger partial charge in [0.25, 0.3) is 11.8 Å². The standard InChI is InChI=1S/C23H21N3O3/c1-15-6-5-7-19(14-15)25-23(29)20-8-3-4-9-21(20)26-22(28)17-10-12-18(13-11-17)24-16(2)27/h3-14H,1-2H3,(H,24,27)(H,25,29)(H,26,28). The van der Waals surface area contributed by atoms with E-state index in [0.717, 1.165) is 5.56 Å². The van der Waals surface area contributed by atoms with Gasteiger partial charge in [0, 0.05) is 23.9 Å². The number of carbonyl (C=O) groups is 3. The molecule has 3 amide bonds. The van der Waals surface area contributed by atoms with Gasteiger partial charge in [0.2, 0.25) is 5.91 Å². The molecule has 3 rings (SSSR count). The van der Waals surface area contributed by atoms with Gasteiger partial charge in [-0.1, -0.05) is 24.3 Å². The van der Waals surface area contributed by atoms with Crippen molar-refractivity contribution in [2.24, 2.45) is 0 Å². The summed E-state index contributed by atoms with van der Waals surface area (Å²) in [5, 5.41) is 8.27. The lowest BCUT2D eigenvalue weighted by Crippen LogP contribution is -2.18. The maximum Gasteiger partial charge on any atom is 0.257 e. The number of benzene rings is 3. The molecule has 0 aromatic heterocycles. The van der Waals surface area contributed by atoms with Crippen molar-refractivity contribution in [1.82, 2.24) is 0 Å². The molecule has 0 radical (unpaired) electrons. The second-order valence-corrected chi connectivity index (χ2v) is 6.58. The van der Waals surface area contributed by atoms with Crippen LogP contribution in [-0.2, 0) is 4.79 Å². The quantitative estimate of drug-likeness (QED) is 0.604. The van der Waals surface area contributed by atoms with E-state index in [1.165, 1.54) is 6.92 Å². The van der Waals surface area contributed by atoms with Gasteiger partial charge in [-0.15, -0.1) is 0 Å². The van der Waals surface area contributed by atoms with Gasteiger partial charge in [0.15, 0.2) is 0 Å². The Hall–Kier alpha value is -3.93. The summed E-state index contributed by atoms with van der Waals surface area (Å²) in [4.78, 5) is 36.4. The van der Waals surface area contributed by atoms with Crippen LogP contribution < -0.4 is 16.0 Å². The normalized spacial score (nSPS) is 10.1. The van der Waals surface area contributed by atoms with Gasteiger partial charge in [-0.05, 0) is 61.0 Å². The third-order valence-corrected chi connectivity index (χ3v) is 4.16. The number of rotatable bonds is 5. The summed E-state index contributed by atoms with van der Waals surface area (Å²) < 4.78 is 0. The van der Waals surface area contributed by atoms with Gasteiger partial charge in [-0.3, -0.25) is 14.4 Å². The lowest BCUT2D eigenvalue weighted by atomic mass is 10.1. The molecule has 0 unspecified atom stereocenters. The van der Waals surface area contributed by atoms with Crippen molar-refractivity contribution in [1.29, 1.82) is 0 Å². The summed E-state index contributed by atoms with van der Waals surface area (Å²) in [5.74, 6) is -0.849. The number of anilines is 3. The Morgan fingerprint density at radius 2 is 1.41 bits per heavy atom. The number of hydrogen-bond acceptors (Lipinski definition) is 3. The van der Waals surface area contributed by atoms with Crippen molar-refractivity contribution >= 4 is 34.8 Å². The van der Waals surface area contributed by atoms with Gasteiger partial charge < -0.3 is 16.0 Å². The maximum atomic E-state index is 12.7. The zero-order chi connectivity index (χ0) is 20.8. The number of aryl methyl sites for hydroxylation is 1. The molecule has 3 aromatic carbocycles. The fourth-order valence-corrected chi connectivity index (χ4v) is 2.81. The highest BCUT2D eigenvalue weighted by Crippen LogP contribution is 2.19. The number of carbonyl (C=O) groups excluding carboxylic acids is 3. The van der Waals surface area contributed by atoms with Crippen LogP contribution in [0.5, 0.6) is 0 Å². The molecule has 0 aliphatic carbocycles.